The quantitative estimate of drug-likeness (QED) is 0.379. The van der Waals surface area contributed by atoms with Gasteiger partial charge >= 0.3 is 0 Å². The van der Waals surface area contributed by atoms with Crippen molar-refractivity contribution in [2.45, 2.75) is 57.2 Å². The fraction of sp³-hybridized carbons (Fsp3) is 0.423. The van der Waals surface area contributed by atoms with Gasteiger partial charge in [-0.15, -0.1) is 35.9 Å². The van der Waals surface area contributed by atoms with Gasteiger partial charge in [-0.05, 0) is 48.1 Å². The van der Waals surface area contributed by atoms with E-state index in [1.807, 2.05) is 42.6 Å². The molecule has 2 N–H and O–H groups in total. The maximum atomic E-state index is 9.89. The zero-order valence-electron chi connectivity index (χ0n) is 17.2. The summed E-state index contributed by atoms with van der Waals surface area (Å²) in [5.41, 5.74) is 2.01. The van der Waals surface area contributed by atoms with Gasteiger partial charge in [0.25, 0.3) is 0 Å². The molecule has 4 atom stereocenters. The van der Waals surface area contributed by atoms with Crippen LogP contribution in [0, 0.1) is 17.9 Å². The van der Waals surface area contributed by atoms with Crippen LogP contribution >= 0.6 is 0 Å². The molecule has 2 aliphatic carbocycles. The van der Waals surface area contributed by atoms with Crippen molar-refractivity contribution in [2.75, 3.05) is 0 Å². The maximum absolute atomic E-state index is 9.89. The van der Waals surface area contributed by atoms with Gasteiger partial charge in [0.05, 0.1) is 12.2 Å². The first-order chi connectivity index (χ1) is 14.2. The second-order valence-corrected chi connectivity index (χ2v) is 8.38. The number of aromatic nitrogens is 1. The van der Waals surface area contributed by atoms with Crippen LogP contribution in [0.5, 0.6) is 0 Å². The fourth-order valence-electron chi connectivity index (χ4n) is 4.93. The molecule has 0 amide bonds. The minimum Gasteiger partial charge on any atom is -0.393 e. The van der Waals surface area contributed by atoms with Crippen LogP contribution in [0.1, 0.15) is 44.9 Å². The standard InChI is InChI=1S/C15H10N.C11H20O2.Ir/c1-2-6-12(7-3-1)15-10-13-8-4-5-9-14(13)11-16-15;12-9-6-2-1-4-8-5-3-7-10(13)11(8)9;/h1-6,8-11H;8-13H,1-7H2;/q-1;;. The summed E-state index contributed by atoms with van der Waals surface area (Å²) in [5.74, 6) is 0.789. The van der Waals surface area contributed by atoms with Crippen LogP contribution in [0.3, 0.4) is 0 Å². The van der Waals surface area contributed by atoms with Gasteiger partial charge < -0.3 is 15.2 Å². The van der Waals surface area contributed by atoms with E-state index in [-0.39, 0.29) is 38.2 Å². The van der Waals surface area contributed by atoms with Crippen molar-refractivity contribution in [1.82, 2.24) is 4.98 Å². The van der Waals surface area contributed by atoms with Gasteiger partial charge in [0.1, 0.15) is 0 Å². The van der Waals surface area contributed by atoms with Crippen LogP contribution in [0.25, 0.3) is 22.0 Å². The molecule has 2 fully saturated rings. The molecule has 0 bridgehead atoms. The second kappa shape index (κ2) is 11.2. The number of rotatable bonds is 1. The summed E-state index contributed by atoms with van der Waals surface area (Å²) in [5, 5.41) is 22.1. The van der Waals surface area contributed by atoms with Crippen LogP contribution in [-0.4, -0.2) is 27.4 Å². The van der Waals surface area contributed by atoms with Crippen molar-refractivity contribution in [2.24, 2.45) is 11.8 Å². The molecule has 5 rings (SSSR count). The number of fused-ring (bicyclic) bond motifs is 2. The molecule has 0 spiro atoms. The molecule has 2 saturated carbocycles. The molecule has 2 aliphatic rings. The molecule has 0 aliphatic heterocycles. The van der Waals surface area contributed by atoms with Gasteiger partial charge in [0, 0.05) is 32.2 Å². The van der Waals surface area contributed by atoms with E-state index in [4.69, 9.17) is 0 Å². The summed E-state index contributed by atoms with van der Waals surface area (Å²) in [6, 6.07) is 21.4. The monoisotopic (exact) mass is 581 g/mol. The van der Waals surface area contributed by atoms with Crippen LogP contribution < -0.4 is 0 Å². The molecule has 161 valence electrons. The van der Waals surface area contributed by atoms with E-state index in [1.165, 1.54) is 30.0 Å². The first-order valence-corrected chi connectivity index (χ1v) is 10.9. The Morgan fingerprint density at radius 1 is 0.800 bits per heavy atom. The molecule has 3 nitrogen and oxygen atoms in total. The average Bonchev–Trinajstić information content (AvgIpc) is 2.96. The minimum absolute atomic E-state index is 0. The number of pyridine rings is 1. The summed E-state index contributed by atoms with van der Waals surface area (Å²) in [6.45, 7) is 0. The van der Waals surface area contributed by atoms with E-state index in [2.05, 4.69) is 29.2 Å². The van der Waals surface area contributed by atoms with Crippen molar-refractivity contribution in [3.63, 3.8) is 0 Å². The molecule has 1 radical (unpaired) electrons. The molecule has 4 unspecified atom stereocenters. The molecule has 0 saturated heterocycles. The fourth-order valence-corrected chi connectivity index (χ4v) is 4.93. The van der Waals surface area contributed by atoms with E-state index in [0.717, 1.165) is 36.9 Å². The maximum Gasteiger partial charge on any atom is 0.0595 e. The van der Waals surface area contributed by atoms with E-state index in [0.29, 0.717) is 5.92 Å². The molecular formula is C26H30IrNO2-. The van der Waals surface area contributed by atoms with Crippen molar-refractivity contribution in [1.29, 1.82) is 0 Å². The third-order valence-corrected chi connectivity index (χ3v) is 6.45. The van der Waals surface area contributed by atoms with Gasteiger partial charge in [-0.25, -0.2) is 0 Å². The van der Waals surface area contributed by atoms with Crippen LogP contribution in [0.15, 0.2) is 60.8 Å². The van der Waals surface area contributed by atoms with E-state index in [1.54, 1.807) is 0 Å². The zero-order valence-corrected chi connectivity index (χ0v) is 19.6. The topological polar surface area (TPSA) is 53.4 Å². The molecule has 4 heteroatoms. The Kier molecular flexibility index (Phi) is 8.59. The predicted molar refractivity (Wildman–Crippen MR) is 117 cm³/mol. The number of hydrogen-bond acceptors (Lipinski definition) is 3. The minimum atomic E-state index is -0.234. The zero-order chi connectivity index (χ0) is 20.1. The summed E-state index contributed by atoms with van der Waals surface area (Å²) in [7, 11) is 0. The smallest absolute Gasteiger partial charge is 0.0595 e. The molecular weight excluding hydrogens is 551 g/mol. The number of nitrogens with zero attached hydrogens (tertiary/aromatic N) is 1. The Labute approximate surface area is 192 Å². The van der Waals surface area contributed by atoms with Gasteiger partial charge in [-0.1, -0.05) is 49.6 Å². The van der Waals surface area contributed by atoms with Crippen molar-refractivity contribution < 1.29 is 30.3 Å². The summed E-state index contributed by atoms with van der Waals surface area (Å²) < 4.78 is 0. The molecule has 30 heavy (non-hydrogen) atoms. The summed E-state index contributed by atoms with van der Waals surface area (Å²) >= 11 is 0. The van der Waals surface area contributed by atoms with Crippen molar-refractivity contribution >= 4 is 10.8 Å². The Morgan fingerprint density at radius 2 is 1.47 bits per heavy atom. The first-order valence-electron chi connectivity index (χ1n) is 10.9. The summed E-state index contributed by atoms with van der Waals surface area (Å²) in [4.78, 5) is 4.45. The third-order valence-electron chi connectivity index (χ3n) is 6.45. The second-order valence-electron chi connectivity index (χ2n) is 8.38. The van der Waals surface area contributed by atoms with Gasteiger partial charge in [0.15, 0.2) is 0 Å². The van der Waals surface area contributed by atoms with E-state index >= 15 is 0 Å². The molecule has 1 heterocycles. The Hall–Kier alpha value is -1.58. The van der Waals surface area contributed by atoms with Crippen LogP contribution in [0.4, 0.5) is 0 Å². The number of benzene rings is 2. The van der Waals surface area contributed by atoms with Crippen molar-refractivity contribution in [3.8, 4) is 11.3 Å². The van der Waals surface area contributed by atoms with Gasteiger partial charge in [-0.2, -0.15) is 0 Å². The van der Waals surface area contributed by atoms with Crippen LogP contribution in [-0.2, 0) is 20.1 Å². The van der Waals surface area contributed by atoms with E-state index < -0.39 is 0 Å². The molecule has 2 aromatic carbocycles. The van der Waals surface area contributed by atoms with Gasteiger partial charge in [-0.3, -0.25) is 0 Å². The van der Waals surface area contributed by atoms with Crippen molar-refractivity contribution in [3.05, 3.63) is 66.9 Å². The number of aliphatic hydroxyl groups excluding tert-OH is 2. The normalized spacial score (nSPS) is 25.8. The Morgan fingerprint density at radius 3 is 2.23 bits per heavy atom. The number of hydrogen-bond donors (Lipinski definition) is 2. The third kappa shape index (κ3) is 5.56. The predicted octanol–water partition coefficient (Wildman–Crippen LogP) is 5.40. The number of aliphatic hydroxyl groups is 2. The molecule has 1 aromatic heterocycles. The van der Waals surface area contributed by atoms with Crippen LogP contribution in [0.2, 0.25) is 0 Å². The molecule has 3 aromatic rings. The largest absolute Gasteiger partial charge is 0.393 e. The first kappa shape index (κ1) is 23.1. The Balaban J connectivity index is 0.000000169. The Bertz CT molecular complexity index is 917. The van der Waals surface area contributed by atoms with E-state index in [9.17, 15) is 10.2 Å². The summed E-state index contributed by atoms with van der Waals surface area (Å²) in [6.07, 6.45) is 9.22. The van der Waals surface area contributed by atoms with Gasteiger partial charge in [0.2, 0.25) is 0 Å². The average molecular weight is 581 g/mol. The SMILES string of the molecule is OC1CCCCC2CCCC(O)C12.[Ir].[c-]1ccccc1-c1cc2ccccc2cn1.